The van der Waals surface area contributed by atoms with Crippen molar-refractivity contribution in [2.75, 3.05) is 7.05 Å². The molecule has 0 saturated heterocycles. The lowest BCUT2D eigenvalue weighted by molar-refractivity contribution is -0.132. The molecular formula is C10H17N3OS. The van der Waals surface area contributed by atoms with Crippen LogP contribution in [0.15, 0.2) is 11.7 Å². The number of thiazole rings is 1. The molecule has 5 heteroatoms. The van der Waals surface area contributed by atoms with Crippen LogP contribution in [0.25, 0.3) is 0 Å². The molecule has 1 unspecified atom stereocenters. The lowest BCUT2D eigenvalue weighted by Gasteiger charge is -2.22. The van der Waals surface area contributed by atoms with Gasteiger partial charge in [0.25, 0.3) is 0 Å². The Hall–Kier alpha value is -0.940. The van der Waals surface area contributed by atoms with Crippen molar-refractivity contribution in [1.82, 2.24) is 9.88 Å². The van der Waals surface area contributed by atoms with Gasteiger partial charge in [-0.25, -0.2) is 0 Å². The second-order valence-electron chi connectivity index (χ2n) is 3.93. The molecule has 0 aromatic carbocycles. The minimum atomic E-state index is -0.414. The summed E-state index contributed by atoms with van der Waals surface area (Å²) in [6.07, 6.45) is 1.77. The van der Waals surface area contributed by atoms with Gasteiger partial charge in [0.1, 0.15) is 0 Å². The average Bonchev–Trinajstić information content (AvgIpc) is 2.67. The zero-order chi connectivity index (χ0) is 11.4. The van der Waals surface area contributed by atoms with E-state index in [0.717, 1.165) is 4.88 Å². The van der Waals surface area contributed by atoms with Gasteiger partial charge in [0.05, 0.1) is 18.1 Å². The summed E-state index contributed by atoms with van der Waals surface area (Å²) in [6, 6.07) is -0.414. The van der Waals surface area contributed by atoms with Crippen molar-refractivity contribution < 1.29 is 4.79 Å². The van der Waals surface area contributed by atoms with Crippen LogP contribution in [0.1, 0.15) is 18.7 Å². The van der Waals surface area contributed by atoms with Crippen LogP contribution in [-0.2, 0) is 11.3 Å². The Morgan fingerprint density at radius 3 is 2.80 bits per heavy atom. The molecule has 84 valence electrons. The van der Waals surface area contributed by atoms with Crippen LogP contribution in [0.2, 0.25) is 0 Å². The molecule has 1 heterocycles. The fraction of sp³-hybridized carbons (Fsp3) is 0.600. The third-order valence-electron chi connectivity index (χ3n) is 2.26. The van der Waals surface area contributed by atoms with Gasteiger partial charge in [0.15, 0.2) is 0 Å². The van der Waals surface area contributed by atoms with E-state index in [0.29, 0.717) is 6.54 Å². The zero-order valence-corrected chi connectivity index (χ0v) is 10.1. The van der Waals surface area contributed by atoms with E-state index in [9.17, 15) is 4.79 Å². The van der Waals surface area contributed by atoms with Gasteiger partial charge in [0, 0.05) is 18.1 Å². The largest absolute Gasteiger partial charge is 0.339 e. The van der Waals surface area contributed by atoms with Crippen LogP contribution < -0.4 is 5.73 Å². The van der Waals surface area contributed by atoms with E-state index in [1.165, 1.54) is 0 Å². The Morgan fingerprint density at radius 2 is 2.33 bits per heavy atom. The van der Waals surface area contributed by atoms with Crippen molar-refractivity contribution in [3.8, 4) is 0 Å². The fourth-order valence-electron chi connectivity index (χ4n) is 1.17. The summed E-state index contributed by atoms with van der Waals surface area (Å²) in [4.78, 5) is 18.5. The van der Waals surface area contributed by atoms with E-state index in [4.69, 9.17) is 5.73 Å². The van der Waals surface area contributed by atoms with E-state index in [1.54, 1.807) is 35.0 Å². The first-order valence-corrected chi connectivity index (χ1v) is 5.78. The molecule has 0 saturated carbocycles. The van der Waals surface area contributed by atoms with E-state index in [1.807, 2.05) is 13.8 Å². The summed E-state index contributed by atoms with van der Waals surface area (Å²) >= 11 is 1.54. The van der Waals surface area contributed by atoms with Crippen LogP contribution in [0.4, 0.5) is 0 Å². The topological polar surface area (TPSA) is 59.2 Å². The quantitative estimate of drug-likeness (QED) is 0.837. The Bertz CT molecular complexity index is 310. The molecule has 0 aliphatic rings. The first-order valence-electron chi connectivity index (χ1n) is 4.90. The lowest BCUT2D eigenvalue weighted by atomic mass is 10.0. The summed E-state index contributed by atoms with van der Waals surface area (Å²) in [5.74, 6) is 0.153. The summed E-state index contributed by atoms with van der Waals surface area (Å²) in [5, 5.41) is 0. The molecule has 1 atom stereocenters. The monoisotopic (exact) mass is 227 g/mol. The van der Waals surface area contributed by atoms with Gasteiger partial charge in [-0.2, -0.15) is 0 Å². The van der Waals surface area contributed by atoms with Gasteiger partial charge in [-0.05, 0) is 5.92 Å². The molecule has 4 nitrogen and oxygen atoms in total. The van der Waals surface area contributed by atoms with Crippen molar-refractivity contribution in [3.63, 3.8) is 0 Å². The summed E-state index contributed by atoms with van der Waals surface area (Å²) in [7, 11) is 1.77. The molecule has 15 heavy (non-hydrogen) atoms. The van der Waals surface area contributed by atoms with Crippen molar-refractivity contribution in [3.05, 3.63) is 16.6 Å². The molecule has 2 N–H and O–H groups in total. The minimum Gasteiger partial charge on any atom is -0.339 e. The molecular weight excluding hydrogens is 210 g/mol. The second kappa shape index (κ2) is 5.23. The smallest absolute Gasteiger partial charge is 0.239 e. The van der Waals surface area contributed by atoms with Gasteiger partial charge in [-0.3, -0.25) is 9.78 Å². The predicted octanol–water partition coefficient (Wildman–Crippen LogP) is 1.08. The fourth-order valence-corrected chi connectivity index (χ4v) is 1.82. The highest BCUT2D eigenvalue weighted by Gasteiger charge is 2.21. The standard InChI is InChI=1S/C10H17N3OS/c1-7(2)9(11)10(14)13(3)5-8-4-12-6-15-8/h4,6-7,9H,5,11H2,1-3H3. The summed E-state index contributed by atoms with van der Waals surface area (Å²) in [6.45, 7) is 4.48. The molecule has 1 aromatic heterocycles. The van der Waals surface area contributed by atoms with Crippen molar-refractivity contribution in [2.24, 2.45) is 11.7 Å². The maximum atomic E-state index is 11.8. The highest BCUT2D eigenvalue weighted by atomic mass is 32.1. The third-order valence-corrected chi connectivity index (χ3v) is 3.02. The molecule has 0 bridgehead atoms. The Labute approximate surface area is 94.1 Å². The van der Waals surface area contributed by atoms with Gasteiger partial charge in [0.2, 0.25) is 5.91 Å². The molecule has 1 rings (SSSR count). The molecule has 0 radical (unpaired) electrons. The lowest BCUT2D eigenvalue weighted by Crippen LogP contribution is -2.44. The Balaban J connectivity index is 2.54. The number of carbonyl (C=O) groups excluding carboxylic acids is 1. The first kappa shape index (κ1) is 12.1. The number of hydrogen-bond donors (Lipinski definition) is 1. The summed E-state index contributed by atoms with van der Waals surface area (Å²) in [5.41, 5.74) is 7.55. The van der Waals surface area contributed by atoms with Crippen LogP contribution in [0.5, 0.6) is 0 Å². The molecule has 0 aliphatic carbocycles. The van der Waals surface area contributed by atoms with Crippen LogP contribution in [-0.4, -0.2) is 28.9 Å². The molecule has 1 amide bonds. The number of likely N-dealkylation sites (N-methyl/N-ethyl adjacent to an activating group) is 1. The SMILES string of the molecule is CC(C)C(N)C(=O)N(C)Cc1cncs1. The van der Waals surface area contributed by atoms with Crippen LogP contribution in [0, 0.1) is 5.92 Å². The number of nitrogens with two attached hydrogens (primary N) is 1. The number of nitrogens with zero attached hydrogens (tertiary/aromatic N) is 2. The van der Waals surface area contributed by atoms with E-state index < -0.39 is 6.04 Å². The van der Waals surface area contributed by atoms with E-state index >= 15 is 0 Å². The number of rotatable bonds is 4. The van der Waals surface area contributed by atoms with E-state index in [2.05, 4.69) is 4.98 Å². The second-order valence-corrected chi connectivity index (χ2v) is 4.90. The number of hydrogen-bond acceptors (Lipinski definition) is 4. The molecule has 1 aromatic rings. The van der Waals surface area contributed by atoms with Gasteiger partial charge < -0.3 is 10.6 Å². The highest BCUT2D eigenvalue weighted by Crippen LogP contribution is 2.10. The highest BCUT2D eigenvalue weighted by molar-refractivity contribution is 7.09. The average molecular weight is 227 g/mol. The summed E-state index contributed by atoms with van der Waals surface area (Å²) < 4.78 is 0. The van der Waals surface area contributed by atoms with Crippen molar-refractivity contribution in [1.29, 1.82) is 0 Å². The Morgan fingerprint density at radius 1 is 1.67 bits per heavy atom. The number of aromatic nitrogens is 1. The van der Waals surface area contributed by atoms with Gasteiger partial charge >= 0.3 is 0 Å². The van der Waals surface area contributed by atoms with Gasteiger partial charge in [-0.1, -0.05) is 13.8 Å². The number of carbonyl (C=O) groups is 1. The number of amides is 1. The third kappa shape index (κ3) is 3.28. The molecule has 0 aliphatic heterocycles. The van der Waals surface area contributed by atoms with E-state index in [-0.39, 0.29) is 11.8 Å². The van der Waals surface area contributed by atoms with Crippen molar-refractivity contribution in [2.45, 2.75) is 26.4 Å². The van der Waals surface area contributed by atoms with Crippen LogP contribution >= 0.6 is 11.3 Å². The normalized spacial score (nSPS) is 12.9. The first-order chi connectivity index (χ1) is 7.02. The molecule has 0 spiro atoms. The van der Waals surface area contributed by atoms with Crippen LogP contribution in [0.3, 0.4) is 0 Å². The van der Waals surface area contributed by atoms with Gasteiger partial charge in [-0.15, -0.1) is 11.3 Å². The zero-order valence-electron chi connectivity index (χ0n) is 9.30. The maximum absolute atomic E-state index is 11.8. The Kier molecular flexibility index (Phi) is 4.23. The predicted molar refractivity (Wildman–Crippen MR) is 61.4 cm³/mol. The van der Waals surface area contributed by atoms with Crippen molar-refractivity contribution >= 4 is 17.2 Å². The molecule has 0 fully saturated rings. The maximum Gasteiger partial charge on any atom is 0.239 e. The minimum absolute atomic E-state index is 0.0154.